The van der Waals surface area contributed by atoms with Gasteiger partial charge in [0.2, 0.25) is 0 Å². The Morgan fingerprint density at radius 1 is 1.32 bits per heavy atom. The van der Waals surface area contributed by atoms with E-state index in [1.165, 1.54) is 12.8 Å². The van der Waals surface area contributed by atoms with E-state index in [1.807, 2.05) is 13.0 Å². The summed E-state index contributed by atoms with van der Waals surface area (Å²) in [7, 11) is 0. The second-order valence-electron chi connectivity index (χ2n) is 7.54. The SMILES string of the molecule is Cc1nccc(NCC2CCCCN2CCn2nc3c(cc2=O)COCC3)n1. The summed E-state index contributed by atoms with van der Waals surface area (Å²) in [4.78, 5) is 23.4. The van der Waals surface area contributed by atoms with Gasteiger partial charge in [-0.3, -0.25) is 9.69 Å². The van der Waals surface area contributed by atoms with E-state index in [-0.39, 0.29) is 5.56 Å². The molecule has 28 heavy (non-hydrogen) atoms. The van der Waals surface area contributed by atoms with Gasteiger partial charge in [-0.1, -0.05) is 6.42 Å². The van der Waals surface area contributed by atoms with Crippen LogP contribution in [-0.2, 0) is 24.3 Å². The second-order valence-corrected chi connectivity index (χ2v) is 7.54. The Hall–Kier alpha value is -2.32. The van der Waals surface area contributed by atoms with Crippen molar-refractivity contribution in [2.45, 2.75) is 51.8 Å². The lowest BCUT2D eigenvalue weighted by atomic mass is 10.0. The van der Waals surface area contributed by atoms with Crippen LogP contribution in [0, 0.1) is 6.92 Å². The van der Waals surface area contributed by atoms with Crippen LogP contribution in [0.5, 0.6) is 0 Å². The quantitative estimate of drug-likeness (QED) is 0.805. The highest BCUT2D eigenvalue weighted by Gasteiger charge is 2.22. The molecule has 0 saturated carbocycles. The molecule has 1 N–H and O–H groups in total. The molecule has 0 amide bonds. The molecular weight excluding hydrogens is 356 g/mol. The molecule has 2 aliphatic rings. The molecule has 1 saturated heterocycles. The fourth-order valence-electron chi connectivity index (χ4n) is 4.00. The van der Waals surface area contributed by atoms with Gasteiger partial charge in [0, 0.05) is 43.4 Å². The van der Waals surface area contributed by atoms with Crippen molar-refractivity contribution in [3.8, 4) is 0 Å². The topological polar surface area (TPSA) is 85.2 Å². The van der Waals surface area contributed by atoms with Crippen LogP contribution >= 0.6 is 0 Å². The van der Waals surface area contributed by atoms with Gasteiger partial charge in [-0.25, -0.2) is 14.6 Å². The number of nitrogens with one attached hydrogen (secondary N) is 1. The molecule has 1 atom stereocenters. The van der Waals surface area contributed by atoms with E-state index in [4.69, 9.17) is 4.74 Å². The van der Waals surface area contributed by atoms with Crippen LogP contribution in [0.3, 0.4) is 0 Å². The Morgan fingerprint density at radius 2 is 2.25 bits per heavy atom. The number of hydrogen-bond donors (Lipinski definition) is 1. The smallest absolute Gasteiger partial charge is 0.267 e. The Balaban J connectivity index is 1.38. The highest BCUT2D eigenvalue weighted by Crippen LogP contribution is 2.18. The van der Waals surface area contributed by atoms with Crippen molar-refractivity contribution in [2.24, 2.45) is 0 Å². The molecule has 0 spiro atoms. The number of likely N-dealkylation sites (tertiary alicyclic amines) is 1. The van der Waals surface area contributed by atoms with Crippen molar-refractivity contribution in [2.75, 3.05) is 31.6 Å². The van der Waals surface area contributed by atoms with Crippen molar-refractivity contribution in [3.05, 3.63) is 45.8 Å². The van der Waals surface area contributed by atoms with Gasteiger partial charge >= 0.3 is 0 Å². The number of anilines is 1. The summed E-state index contributed by atoms with van der Waals surface area (Å²) in [5.74, 6) is 1.64. The van der Waals surface area contributed by atoms with Gasteiger partial charge in [-0.05, 0) is 32.4 Å². The molecule has 0 radical (unpaired) electrons. The molecule has 0 bridgehead atoms. The van der Waals surface area contributed by atoms with Crippen molar-refractivity contribution in [1.29, 1.82) is 0 Å². The van der Waals surface area contributed by atoms with Gasteiger partial charge in [0.15, 0.2) is 0 Å². The van der Waals surface area contributed by atoms with E-state index in [0.29, 0.717) is 25.8 Å². The summed E-state index contributed by atoms with van der Waals surface area (Å²) in [6.07, 6.45) is 6.16. The van der Waals surface area contributed by atoms with E-state index in [1.54, 1.807) is 16.9 Å². The summed E-state index contributed by atoms with van der Waals surface area (Å²) >= 11 is 0. The first-order chi connectivity index (χ1) is 13.7. The maximum Gasteiger partial charge on any atom is 0.267 e. The van der Waals surface area contributed by atoms with Crippen LogP contribution in [-0.4, -0.2) is 56.9 Å². The van der Waals surface area contributed by atoms with Gasteiger partial charge in [-0.2, -0.15) is 5.10 Å². The third-order valence-corrected chi connectivity index (χ3v) is 5.55. The first kappa shape index (κ1) is 19.0. The predicted octanol–water partition coefficient (Wildman–Crippen LogP) is 1.38. The third kappa shape index (κ3) is 4.56. The number of aryl methyl sites for hydroxylation is 1. The van der Waals surface area contributed by atoms with Crippen molar-refractivity contribution >= 4 is 5.82 Å². The Bertz CT molecular complexity index is 868. The van der Waals surface area contributed by atoms with Gasteiger partial charge in [-0.15, -0.1) is 0 Å². The van der Waals surface area contributed by atoms with Crippen molar-refractivity contribution in [1.82, 2.24) is 24.6 Å². The number of piperidine rings is 1. The molecule has 0 aromatic carbocycles. The van der Waals surface area contributed by atoms with Crippen LogP contribution in [0.2, 0.25) is 0 Å². The average molecular weight is 384 g/mol. The molecule has 8 nitrogen and oxygen atoms in total. The van der Waals surface area contributed by atoms with E-state index in [0.717, 1.165) is 55.4 Å². The third-order valence-electron chi connectivity index (χ3n) is 5.55. The van der Waals surface area contributed by atoms with E-state index < -0.39 is 0 Å². The number of nitrogens with zero attached hydrogens (tertiary/aromatic N) is 5. The summed E-state index contributed by atoms with van der Waals surface area (Å²) in [6, 6.07) is 4.03. The standard InChI is InChI=1S/C20H28N6O2/c1-15-21-7-5-19(23-15)22-13-17-4-2-3-8-25(17)9-10-26-20(27)12-16-14-28-11-6-18(16)24-26/h5,7,12,17H,2-4,6,8-11,13-14H2,1H3,(H,21,22,23). The summed E-state index contributed by atoms with van der Waals surface area (Å²) in [5, 5.41) is 8.04. The normalized spacial score (nSPS) is 20.0. The Morgan fingerprint density at radius 3 is 3.14 bits per heavy atom. The minimum absolute atomic E-state index is 0.0348. The van der Waals surface area contributed by atoms with Gasteiger partial charge in [0.05, 0.1) is 25.5 Å². The van der Waals surface area contributed by atoms with Gasteiger partial charge in [0.1, 0.15) is 11.6 Å². The van der Waals surface area contributed by atoms with Gasteiger partial charge in [0.25, 0.3) is 5.56 Å². The summed E-state index contributed by atoms with van der Waals surface area (Å²) in [6.45, 7) is 6.44. The summed E-state index contributed by atoms with van der Waals surface area (Å²) < 4.78 is 7.04. The molecule has 0 aliphatic carbocycles. The second kappa shape index (κ2) is 8.79. The first-order valence-electron chi connectivity index (χ1n) is 10.1. The van der Waals surface area contributed by atoms with E-state index in [9.17, 15) is 4.79 Å². The molecule has 2 aromatic rings. The minimum atomic E-state index is -0.0348. The number of ether oxygens (including phenoxy) is 1. The Kier molecular flexibility index (Phi) is 5.97. The molecular formula is C20H28N6O2. The molecule has 1 fully saturated rings. The van der Waals surface area contributed by atoms with Crippen LogP contribution in [0.15, 0.2) is 23.1 Å². The monoisotopic (exact) mass is 384 g/mol. The molecule has 2 aliphatic heterocycles. The zero-order chi connectivity index (χ0) is 19.3. The number of hydrogen-bond acceptors (Lipinski definition) is 7. The van der Waals surface area contributed by atoms with Crippen LogP contribution in [0.25, 0.3) is 0 Å². The largest absolute Gasteiger partial charge is 0.376 e. The van der Waals surface area contributed by atoms with Crippen LogP contribution in [0.1, 0.15) is 36.3 Å². The molecule has 8 heteroatoms. The molecule has 2 aromatic heterocycles. The zero-order valence-electron chi connectivity index (χ0n) is 16.4. The zero-order valence-corrected chi connectivity index (χ0v) is 16.4. The lowest BCUT2D eigenvalue weighted by molar-refractivity contribution is 0.107. The summed E-state index contributed by atoms with van der Waals surface area (Å²) in [5.41, 5.74) is 1.90. The highest BCUT2D eigenvalue weighted by molar-refractivity contribution is 5.33. The predicted molar refractivity (Wildman–Crippen MR) is 106 cm³/mol. The molecule has 1 unspecified atom stereocenters. The number of fused-ring (bicyclic) bond motifs is 1. The van der Waals surface area contributed by atoms with Crippen molar-refractivity contribution < 1.29 is 4.74 Å². The maximum absolute atomic E-state index is 12.4. The first-order valence-corrected chi connectivity index (χ1v) is 10.1. The minimum Gasteiger partial charge on any atom is -0.376 e. The molecule has 150 valence electrons. The maximum atomic E-state index is 12.4. The van der Waals surface area contributed by atoms with Gasteiger partial charge < -0.3 is 10.1 Å². The van der Waals surface area contributed by atoms with Crippen molar-refractivity contribution in [3.63, 3.8) is 0 Å². The average Bonchev–Trinajstić information content (AvgIpc) is 2.71. The number of aromatic nitrogens is 4. The van der Waals surface area contributed by atoms with E-state index >= 15 is 0 Å². The molecule has 4 heterocycles. The van der Waals surface area contributed by atoms with E-state index in [2.05, 4.69) is 25.3 Å². The Labute approximate surface area is 164 Å². The fraction of sp³-hybridized carbons (Fsp3) is 0.600. The fourth-order valence-corrected chi connectivity index (χ4v) is 4.00. The lowest BCUT2D eigenvalue weighted by Gasteiger charge is -2.36. The lowest BCUT2D eigenvalue weighted by Crippen LogP contribution is -2.46. The van der Waals surface area contributed by atoms with Crippen LogP contribution in [0.4, 0.5) is 5.82 Å². The molecule has 4 rings (SSSR count). The number of rotatable bonds is 6. The highest BCUT2D eigenvalue weighted by atomic mass is 16.5. The van der Waals surface area contributed by atoms with Crippen LogP contribution < -0.4 is 10.9 Å².